The molecule has 1 saturated heterocycles. The van der Waals surface area contributed by atoms with Gasteiger partial charge in [0.2, 0.25) is 10.0 Å². The summed E-state index contributed by atoms with van der Waals surface area (Å²) in [6, 6.07) is 11.6. The first-order valence-corrected chi connectivity index (χ1v) is 12.3. The summed E-state index contributed by atoms with van der Waals surface area (Å²) < 4.78 is 45.5. The zero-order valence-corrected chi connectivity index (χ0v) is 19.7. The van der Waals surface area contributed by atoms with Crippen LogP contribution in [-0.4, -0.2) is 53.4 Å². The van der Waals surface area contributed by atoms with E-state index in [0.29, 0.717) is 24.6 Å². The fourth-order valence-corrected chi connectivity index (χ4v) is 4.75. The third-order valence-electron chi connectivity index (χ3n) is 5.50. The number of aryl methyl sites for hydroxylation is 1. The fourth-order valence-electron chi connectivity index (χ4n) is 4.22. The number of rotatable bonds is 6. The summed E-state index contributed by atoms with van der Waals surface area (Å²) in [5.41, 5.74) is 2.25. The Morgan fingerprint density at radius 3 is 2.52 bits per heavy atom. The Hall–Kier alpha value is -2.66. The van der Waals surface area contributed by atoms with Gasteiger partial charge in [-0.15, -0.1) is 5.10 Å². The maximum absolute atomic E-state index is 15.0. The highest BCUT2D eigenvalue weighted by molar-refractivity contribution is 7.89. The molecule has 2 aromatic carbocycles. The summed E-state index contributed by atoms with van der Waals surface area (Å²) in [4.78, 5) is 6.65. The molecule has 33 heavy (non-hydrogen) atoms. The summed E-state index contributed by atoms with van der Waals surface area (Å²) in [5, 5.41) is 9.74. The molecule has 2 heterocycles. The van der Waals surface area contributed by atoms with Crippen LogP contribution in [0.4, 0.5) is 4.39 Å². The summed E-state index contributed by atoms with van der Waals surface area (Å²) in [6.45, 7) is 8.07. The van der Waals surface area contributed by atoms with Crippen LogP contribution in [0.5, 0.6) is 0 Å². The van der Waals surface area contributed by atoms with E-state index in [0.717, 1.165) is 30.3 Å². The first-order chi connectivity index (χ1) is 15.6. The minimum atomic E-state index is -4.02. The van der Waals surface area contributed by atoms with E-state index in [1.54, 1.807) is 0 Å². The first-order valence-electron chi connectivity index (χ1n) is 10.8. The number of nitrogens with zero attached hydrogens (tertiary/aromatic N) is 4. The maximum atomic E-state index is 15.0. The molecule has 0 bridgehead atoms. The normalized spacial score (nSPS) is 19.7. The van der Waals surface area contributed by atoms with Gasteiger partial charge in [-0.2, -0.15) is 0 Å². The molecule has 8 nitrogen and oxygen atoms in total. The number of hydrogen-bond acceptors (Lipinski definition) is 6. The molecule has 176 valence electrons. The molecule has 1 aromatic heterocycles. The van der Waals surface area contributed by atoms with Crippen molar-refractivity contribution < 1.29 is 17.5 Å². The smallest absolute Gasteiger partial charge is 0.238 e. The van der Waals surface area contributed by atoms with Crippen LogP contribution in [0.25, 0.3) is 5.69 Å². The average Bonchev–Trinajstić information content (AvgIpc) is 3.08. The maximum Gasteiger partial charge on any atom is 0.238 e. The van der Waals surface area contributed by atoms with Gasteiger partial charge in [0.1, 0.15) is 17.3 Å². The molecule has 0 spiro atoms. The molecular formula is C23H28FN5O3S. The minimum Gasteiger partial charge on any atom is -0.373 e. The number of aromatic nitrogens is 3. The highest BCUT2D eigenvalue weighted by atomic mass is 32.2. The summed E-state index contributed by atoms with van der Waals surface area (Å²) in [5.74, 6) is 0.387. The van der Waals surface area contributed by atoms with Crippen molar-refractivity contribution in [1.29, 1.82) is 0 Å². The van der Waals surface area contributed by atoms with Crippen LogP contribution in [0.3, 0.4) is 0 Å². The van der Waals surface area contributed by atoms with Crippen molar-refractivity contribution in [3.05, 3.63) is 71.1 Å². The van der Waals surface area contributed by atoms with Crippen LogP contribution in [0, 0.1) is 12.7 Å². The Morgan fingerprint density at radius 1 is 1.15 bits per heavy atom. The van der Waals surface area contributed by atoms with Gasteiger partial charge in [0, 0.05) is 19.5 Å². The summed E-state index contributed by atoms with van der Waals surface area (Å²) in [7, 11) is -4.02. The molecule has 10 heteroatoms. The third-order valence-corrected chi connectivity index (χ3v) is 6.41. The van der Waals surface area contributed by atoms with Crippen molar-refractivity contribution in [1.82, 2.24) is 19.7 Å². The molecule has 0 aliphatic carbocycles. The molecule has 0 amide bonds. The molecule has 0 radical (unpaired) electrons. The van der Waals surface area contributed by atoms with Gasteiger partial charge in [-0.25, -0.2) is 27.6 Å². The Morgan fingerprint density at radius 2 is 1.88 bits per heavy atom. The second kappa shape index (κ2) is 9.30. The van der Waals surface area contributed by atoms with Crippen molar-refractivity contribution in [2.75, 3.05) is 13.1 Å². The van der Waals surface area contributed by atoms with E-state index in [2.05, 4.69) is 10.00 Å². The number of benzene rings is 2. The van der Waals surface area contributed by atoms with E-state index in [1.807, 2.05) is 45.0 Å². The van der Waals surface area contributed by atoms with E-state index in [-0.39, 0.29) is 22.8 Å². The van der Waals surface area contributed by atoms with Crippen molar-refractivity contribution in [2.45, 2.75) is 50.8 Å². The number of primary sulfonamides is 1. The van der Waals surface area contributed by atoms with Crippen molar-refractivity contribution in [3.8, 4) is 5.69 Å². The number of halogens is 1. The predicted octanol–water partition coefficient (Wildman–Crippen LogP) is 2.56. The van der Waals surface area contributed by atoms with Crippen LogP contribution in [0.15, 0.2) is 47.4 Å². The lowest BCUT2D eigenvalue weighted by Gasteiger charge is -2.34. The lowest BCUT2D eigenvalue weighted by molar-refractivity contribution is -0.0710. The van der Waals surface area contributed by atoms with Crippen molar-refractivity contribution in [3.63, 3.8) is 0 Å². The lowest BCUT2D eigenvalue weighted by atomic mass is 10.1. The molecule has 2 unspecified atom stereocenters. The number of morpholine rings is 1. The van der Waals surface area contributed by atoms with E-state index in [4.69, 9.17) is 14.9 Å². The number of sulfonamides is 1. The van der Waals surface area contributed by atoms with E-state index >= 15 is 0 Å². The highest BCUT2D eigenvalue weighted by Gasteiger charge is 2.24. The van der Waals surface area contributed by atoms with Gasteiger partial charge < -0.3 is 4.74 Å². The molecule has 4 rings (SSSR count). The Kier molecular flexibility index (Phi) is 6.62. The van der Waals surface area contributed by atoms with Gasteiger partial charge in [-0.3, -0.25) is 4.90 Å². The number of hydrogen-bond donors (Lipinski definition) is 1. The van der Waals surface area contributed by atoms with Crippen molar-refractivity contribution >= 4 is 10.0 Å². The molecule has 2 N–H and O–H groups in total. The number of nitrogens with two attached hydrogens (primary N) is 1. The van der Waals surface area contributed by atoms with Gasteiger partial charge in [0.15, 0.2) is 5.82 Å². The molecule has 1 aliphatic rings. The van der Waals surface area contributed by atoms with Crippen LogP contribution >= 0.6 is 0 Å². The Bertz CT molecular complexity index is 1250. The SMILES string of the molecule is Cc1cccc(Cc2nc(CN3CC(C)OC(C)C3)nn2-c2ccc(S(N)(=O)=O)cc2F)c1. The van der Waals surface area contributed by atoms with Crippen molar-refractivity contribution in [2.24, 2.45) is 5.14 Å². The van der Waals surface area contributed by atoms with Gasteiger partial charge in [-0.05, 0) is 44.5 Å². The van der Waals surface area contributed by atoms with E-state index in [9.17, 15) is 12.8 Å². The fraction of sp³-hybridized carbons (Fsp3) is 0.391. The Balaban J connectivity index is 1.71. The van der Waals surface area contributed by atoms with Crippen LogP contribution in [0.2, 0.25) is 0 Å². The minimum absolute atomic E-state index is 0.103. The quantitative estimate of drug-likeness (QED) is 0.590. The number of ether oxygens (including phenoxy) is 1. The van der Waals surface area contributed by atoms with E-state index < -0.39 is 15.8 Å². The van der Waals surface area contributed by atoms with Crippen LogP contribution in [-0.2, 0) is 27.7 Å². The second-order valence-electron chi connectivity index (χ2n) is 8.63. The van der Waals surface area contributed by atoms with E-state index in [1.165, 1.54) is 16.8 Å². The van der Waals surface area contributed by atoms with Gasteiger partial charge in [-0.1, -0.05) is 29.8 Å². The molecule has 0 saturated carbocycles. The summed E-state index contributed by atoms with van der Waals surface area (Å²) in [6.07, 6.45) is 0.651. The Labute approximate surface area is 193 Å². The third kappa shape index (κ3) is 5.64. The molecule has 3 aromatic rings. The zero-order valence-electron chi connectivity index (χ0n) is 18.9. The molecule has 1 aliphatic heterocycles. The van der Waals surface area contributed by atoms with Gasteiger partial charge in [0.25, 0.3) is 0 Å². The zero-order chi connectivity index (χ0) is 23.8. The largest absolute Gasteiger partial charge is 0.373 e. The van der Waals surface area contributed by atoms with Gasteiger partial charge >= 0.3 is 0 Å². The van der Waals surface area contributed by atoms with Crippen LogP contribution in [0.1, 0.15) is 36.6 Å². The first kappa shape index (κ1) is 23.5. The molecule has 2 atom stereocenters. The summed E-state index contributed by atoms with van der Waals surface area (Å²) >= 11 is 0. The predicted molar refractivity (Wildman–Crippen MR) is 122 cm³/mol. The monoisotopic (exact) mass is 473 g/mol. The average molecular weight is 474 g/mol. The second-order valence-corrected chi connectivity index (χ2v) is 10.2. The standard InChI is InChI=1S/C23H28FN5O3S/c1-15-5-4-6-18(9-15)10-23-26-22(14-28-12-16(2)32-17(3)13-28)27-29(23)21-8-7-19(11-20(21)24)33(25,30)31/h4-9,11,16-17H,10,12-14H2,1-3H3,(H2,25,30,31). The van der Waals surface area contributed by atoms with Gasteiger partial charge in [0.05, 0.1) is 23.6 Å². The highest BCUT2D eigenvalue weighted by Crippen LogP contribution is 2.21. The topological polar surface area (TPSA) is 103 Å². The van der Waals surface area contributed by atoms with Crippen LogP contribution < -0.4 is 5.14 Å². The molecule has 1 fully saturated rings. The molecular weight excluding hydrogens is 445 g/mol. The lowest BCUT2D eigenvalue weighted by Crippen LogP contribution is -2.45.